The fourth-order valence-corrected chi connectivity index (χ4v) is 1.58. The van der Waals surface area contributed by atoms with Gasteiger partial charge in [-0.25, -0.2) is 0 Å². The first kappa shape index (κ1) is 14.4. The minimum atomic E-state index is -0.570. The van der Waals surface area contributed by atoms with Gasteiger partial charge in [0.25, 0.3) is 0 Å². The molecule has 0 aliphatic rings. The lowest BCUT2D eigenvalue weighted by Gasteiger charge is -2.15. The van der Waals surface area contributed by atoms with Gasteiger partial charge in [0, 0.05) is 6.07 Å². The van der Waals surface area contributed by atoms with E-state index in [9.17, 15) is 5.11 Å². The highest BCUT2D eigenvalue weighted by Crippen LogP contribution is 2.34. The minimum Gasteiger partial charge on any atom is -0.496 e. The second kappa shape index (κ2) is 6.91. The van der Waals surface area contributed by atoms with Gasteiger partial charge in [-0.3, -0.25) is 0 Å². The summed E-state index contributed by atoms with van der Waals surface area (Å²) >= 11 is 0. The Morgan fingerprint density at radius 2 is 1.89 bits per heavy atom. The minimum absolute atomic E-state index is 0.189. The van der Waals surface area contributed by atoms with Gasteiger partial charge < -0.3 is 19.3 Å². The Hall–Kier alpha value is -1.68. The van der Waals surface area contributed by atoms with Crippen LogP contribution in [0.1, 0.15) is 12.0 Å². The Labute approximate surface area is 108 Å². The van der Waals surface area contributed by atoms with Gasteiger partial charge in [0.1, 0.15) is 12.4 Å². The number of aliphatic hydroxyl groups is 1. The number of ether oxygens (including phenoxy) is 3. The van der Waals surface area contributed by atoms with Gasteiger partial charge in [-0.2, -0.15) is 0 Å². The number of aryl methyl sites for hydroxylation is 1. The average molecular weight is 252 g/mol. The van der Waals surface area contributed by atoms with Crippen molar-refractivity contribution in [2.45, 2.75) is 19.4 Å². The van der Waals surface area contributed by atoms with Gasteiger partial charge in [-0.15, -0.1) is 6.58 Å². The van der Waals surface area contributed by atoms with Crippen LogP contribution in [0.3, 0.4) is 0 Å². The maximum absolute atomic E-state index is 9.59. The third-order valence-corrected chi connectivity index (χ3v) is 2.55. The first-order chi connectivity index (χ1) is 8.62. The number of hydrogen-bond donors (Lipinski definition) is 1. The predicted octanol–water partition coefficient (Wildman–Crippen LogP) is 2.33. The molecule has 0 saturated carbocycles. The monoisotopic (exact) mass is 252 g/mol. The van der Waals surface area contributed by atoms with E-state index in [0.29, 0.717) is 17.9 Å². The molecule has 0 bridgehead atoms. The molecule has 0 radical (unpaired) electrons. The lowest BCUT2D eigenvalue weighted by Crippen LogP contribution is -2.16. The molecular weight excluding hydrogens is 232 g/mol. The third-order valence-electron chi connectivity index (χ3n) is 2.55. The van der Waals surface area contributed by atoms with E-state index in [1.807, 2.05) is 13.0 Å². The zero-order valence-electron chi connectivity index (χ0n) is 11.1. The molecule has 18 heavy (non-hydrogen) atoms. The molecule has 1 aromatic rings. The molecule has 0 spiro atoms. The van der Waals surface area contributed by atoms with Crippen molar-refractivity contribution in [1.82, 2.24) is 0 Å². The van der Waals surface area contributed by atoms with Crippen LogP contribution in [-0.4, -0.2) is 32.0 Å². The van der Waals surface area contributed by atoms with Crippen molar-refractivity contribution >= 4 is 0 Å². The number of hydrogen-bond acceptors (Lipinski definition) is 4. The van der Waals surface area contributed by atoms with Crippen LogP contribution in [0.25, 0.3) is 0 Å². The van der Waals surface area contributed by atoms with E-state index < -0.39 is 6.10 Å². The maximum Gasteiger partial charge on any atom is 0.165 e. The standard InChI is InChI=1S/C14H20O4/c1-5-6-11(15)9-18-14-8-12(16-3)10(2)7-13(14)17-4/h5,7-8,11,15H,1,6,9H2,2-4H3. The second-order valence-corrected chi connectivity index (χ2v) is 3.96. The van der Waals surface area contributed by atoms with E-state index in [2.05, 4.69) is 6.58 Å². The second-order valence-electron chi connectivity index (χ2n) is 3.96. The predicted molar refractivity (Wildman–Crippen MR) is 70.6 cm³/mol. The lowest BCUT2D eigenvalue weighted by atomic mass is 10.2. The van der Waals surface area contributed by atoms with Gasteiger partial charge in [-0.1, -0.05) is 6.08 Å². The molecule has 4 nitrogen and oxygen atoms in total. The summed E-state index contributed by atoms with van der Waals surface area (Å²) in [7, 11) is 3.18. The number of rotatable bonds is 7. The Bertz CT molecular complexity index is 401. The number of aliphatic hydroxyl groups excluding tert-OH is 1. The van der Waals surface area contributed by atoms with Crippen molar-refractivity contribution in [2.24, 2.45) is 0 Å². The molecule has 0 saturated heterocycles. The van der Waals surface area contributed by atoms with Gasteiger partial charge >= 0.3 is 0 Å². The fraction of sp³-hybridized carbons (Fsp3) is 0.429. The van der Waals surface area contributed by atoms with Gasteiger partial charge in [0.05, 0.1) is 20.3 Å². The summed E-state index contributed by atoms with van der Waals surface area (Å²) in [6.07, 6.45) is 1.58. The molecular formula is C14H20O4. The highest BCUT2D eigenvalue weighted by atomic mass is 16.5. The Morgan fingerprint density at radius 1 is 1.22 bits per heavy atom. The molecule has 0 aliphatic heterocycles. The molecule has 1 atom stereocenters. The van der Waals surface area contributed by atoms with Crippen LogP contribution in [0.5, 0.6) is 17.2 Å². The Morgan fingerprint density at radius 3 is 2.44 bits per heavy atom. The van der Waals surface area contributed by atoms with Gasteiger partial charge in [0.2, 0.25) is 0 Å². The van der Waals surface area contributed by atoms with E-state index in [1.165, 1.54) is 0 Å². The zero-order valence-corrected chi connectivity index (χ0v) is 11.1. The van der Waals surface area contributed by atoms with Crippen LogP contribution in [0.4, 0.5) is 0 Å². The van der Waals surface area contributed by atoms with Gasteiger partial charge in [-0.05, 0) is 25.0 Å². The van der Waals surface area contributed by atoms with Crippen LogP contribution >= 0.6 is 0 Å². The van der Waals surface area contributed by atoms with Crippen molar-refractivity contribution in [1.29, 1.82) is 0 Å². The molecule has 100 valence electrons. The molecule has 0 fully saturated rings. The highest BCUT2D eigenvalue weighted by molar-refractivity contribution is 5.50. The average Bonchev–Trinajstić information content (AvgIpc) is 2.37. The van der Waals surface area contributed by atoms with Crippen LogP contribution in [0.15, 0.2) is 24.8 Å². The van der Waals surface area contributed by atoms with Gasteiger partial charge in [0.15, 0.2) is 11.5 Å². The summed E-state index contributed by atoms with van der Waals surface area (Å²) in [5.41, 5.74) is 0.966. The topological polar surface area (TPSA) is 47.9 Å². The van der Waals surface area contributed by atoms with Crippen molar-refractivity contribution in [3.8, 4) is 17.2 Å². The van der Waals surface area contributed by atoms with Crippen molar-refractivity contribution < 1.29 is 19.3 Å². The maximum atomic E-state index is 9.59. The normalized spacial score (nSPS) is 11.8. The molecule has 1 aromatic carbocycles. The lowest BCUT2D eigenvalue weighted by molar-refractivity contribution is 0.108. The summed E-state index contributed by atoms with van der Waals surface area (Å²) in [6, 6.07) is 3.60. The molecule has 0 aliphatic carbocycles. The highest BCUT2D eigenvalue weighted by Gasteiger charge is 2.11. The summed E-state index contributed by atoms with van der Waals surface area (Å²) in [5, 5.41) is 9.59. The fourth-order valence-electron chi connectivity index (χ4n) is 1.58. The quantitative estimate of drug-likeness (QED) is 0.757. The Kier molecular flexibility index (Phi) is 5.52. The van der Waals surface area contributed by atoms with Crippen LogP contribution < -0.4 is 14.2 Å². The number of benzene rings is 1. The molecule has 1 unspecified atom stereocenters. The molecule has 0 heterocycles. The molecule has 0 aromatic heterocycles. The van der Waals surface area contributed by atoms with E-state index >= 15 is 0 Å². The van der Waals surface area contributed by atoms with Crippen molar-refractivity contribution in [3.63, 3.8) is 0 Å². The van der Waals surface area contributed by atoms with Crippen LogP contribution in [0.2, 0.25) is 0 Å². The number of methoxy groups -OCH3 is 2. The smallest absolute Gasteiger partial charge is 0.165 e. The zero-order chi connectivity index (χ0) is 13.5. The molecule has 1 N–H and O–H groups in total. The van der Waals surface area contributed by atoms with E-state index in [4.69, 9.17) is 14.2 Å². The van der Waals surface area contributed by atoms with E-state index in [-0.39, 0.29) is 6.61 Å². The third kappa shape index (κ3) is 3.67. The summed E-state index contributed by atoms with van der Waals surface area (Å²) in [6.45, 7) is 5.69. The first-order valence-electron chi connectivity index (χ1n) is 5.76. The van der Waals surface area contributed by atoms with Crippen LogP contribution in [0, 0.1) is 6.92 Å². The summed E-state index contributed by atoms with van der Waals surface area (Å²) in [5.74, 6) is 1.91. The summed E-state index contributed by atoms with van der Waals surface area (Å²) in [4.78, 5) is 0. The van der Waals surface area contributed by atoms with E-state index in [0.717, 1.165) is 11.3 Å². The van der Waals surface area contributed by atoms with Crippen molar-refractivity contribution in [2.75, 3.05) is 20.8 Å². The van der Waals surface area contributed by atoms with E-state index in [1.54, 1.807) is 26.4 Å². The largest absolute Gasteiger partial charge is 0.496 e. The Balaban J connectivity index is 2.82. The molecule has 0 amide bonds. The first-order valence-corrected chi connectivity index (χ1v) is 5.76. The van der Waals surface area contributed by atoms with Crippen LogP contribution in [-0.2, 0) is 0 Å². The SMILES string of the molecule is C=CCC(O)COc1cc(OC)c(C)cc1OC. The molecule has 1 rings (SSSR count). The summed E-state index contributed by atoms with van der Waals surface area (Å²) < 4.78 is 16.0. The molecule has 4 heteroatoms. The van der Waals surface area contributed by atoms with Crippen molar-refractivity contribution in [3.05, 3.63) is 30.4 Å².